The third-order valence-electron chi connectivity index (χ3n) is 3.62. The number of piperidine rings is 1. The summed E-state index contributed by atoms with van der Waals surface area (Å²) in [4.78, 5) is 12.9. The van der Waals surface area contributed by atoms with Crippen molar-refractivity contribution in [2.75, 3.05) is 19.6 Å². The van der Waals surface area contributed by atoms with Crippen LogP contribution in [0.1, 0.15) is 24.5 Å². The Labute approximate surface area is 111 Å². The Morgan fingerprint density at radius 2 is 1.89 bits per heavy atom. The van der Waals surface area contributed by atoms with Crippen molar-refractivity contribution < 1.29 is 19.4 Å². The van der Waals surface area contributed by atoms with Crippen molar-refractivity contribution in [3.8, 4) is 0 Å². The normalized spacial score (nSPS) is 19.3. The molecule has 2 rings (SSSR count). The zero-order valence-electron chi connectivity index (χ0n) is 10.6. The topological polar surface area (TPSA) is 60.8 Å². The predicted molar refractivity (Wildman–Crippen MR) is 68.2 cm³/mol. The highest BCUT2D eigenvalue weighted by atomic mass is 19.1. The van der Waals surface area contributed by atoms with Crippen LogP contribution in [0.15, 0.2) is 24.3 Å². The number of carbonyl (C=O) groups is 1. The van der Waals surface area contributed by atoms with Gasteiger partial charge in [-0.2, -0.15) is 0 Å². The lowest BCUT2D eigenvalue weighted by Crippen LogP contribution is -2.38. The Morgan fingerprint density at radius 1 is 1.32 bits per heavy atom. The molecule has 1 unspecified atom stereocenters. The van der Waals surface area contributed by atoms with E-state index in [4.69, 9.17) is 5.11 Å². The van der Waals surface area contributed by atoms with E-state index in [0.29, 0.717) is 38.0 Å². The third kappa shape index (κ3) is 3.75. The van der Waals surface area contributed by atoms with E-state index in [2.05, 4.69) is 0 Å². The molecule has 1 atom stereocenters. The predicted octanol–water partition coefficient (Wildman–Crippen LogP) is 1.66. The molecule has 1 aliphatic rings. The van der Waals surface area contributed by atoms with Crippen molar-refractivity contribution in [3.05, 3.63) is 35.6 Å². The lowest BCUT2D eigenvalue weighted by Gasteiger charge is -2.31. The minimum atomic E-state index is -0.737. The Bertz CT molecular complexity index is 427. The number of benzene rings is 1. The molecule has 0 amide bonds. The van der Waals surface area contributed by atoms with E-state index >= 15 is 0 Å². The minimum Gasteiger partial charge on any atom is -0.481 e. The summed E-state index contributed by atoms with van der Waals surface area (Å²) in [5.41, 5.74) is 0.682. The Balaban J connectivity index is 1.85. The van der Waals surface area contributed by atoms with Gasteiger partial charge >= 0.3 is 5.97 Å². The van der Waals surface area contributed by atoms with Crippen molar-refractivity contribution in [1.29, 1.82) is 0 Å². The fourth-order valence-electron chi connectivity index (χ4n) is 2.40. The van der Waals surface area contributed by atoms with E-state index in [0.717, 1.165) is 0 Å². The van der Waals surface area contributed by atoms with Crippen LogP contribution in [0.3, 0.4) is 0 Å². The van der Waals surface area contributed by atoms with Crippen LogP contribution in [0.5, 0.6) is 0 Å². The highest BCUT2D eigenvalue weighted by Gasteiger charge is 2.25. The number of likely N-dealkylation sites (tertiary alicyclic amines) is 1. The number of aliphatic carboxylic acids is 1. The fraction of sp³-hybridized carbons (Fsp3) is 0.500. The standard InChI is InChI=1S/C14H18FNO3/c15-12-3-1-10(2-4-12)13(17)9-16-7-5-11(6-8-16)14(18)19/h1-4,11,13,17H,5-9H2,(H,18,19). The number of aliphatic hydroxyl groups is 1. The second-order valence-corrected chi connectivity index (χ2v) is 4.98. The van der Waals surface area contributed by atoms with Crippen molar-refractivity contribution in [3.63, 3.8) is 0 Å². The maximum Gasteiger partial charge on any atom is 0.306 e. The maximum atomic E-state index is 12.8. The summed E-state index contributed by atoms with van der Waals surface area (Å²) < 4.78 is 12.8. The second-order valence-electron chi connectivity index (χ2n) is 4.98. The van der Waals surface area contributed by atoms with Crippen molar-refractivity contribution in [2.45, 2.75) is 18.9 Å². The number of halogens is 1. The smallest absolute Gasteiger partial charge is 0.306 e. The molecule has 19 heavy (non-hydrogen) atoms. The molecular weight excluding hydrogens is 249 g/mol. The van der Waals surface area contributed by atoms with Crippen LogP contribution in [-0.2, 0) is 4.79 Å². The molecule has 0 saturated carbocycles. The number of rotatable bonds is 4. The number of nitrogens with zero attached hydrogens (tertiary/aromatic N) is 1. The Hall–Kier alpha value is -1.46. The lowest BCUT2D eigenvalue weighted by atomic mass is 9.96. The average molecular weight is 267 g/mol. The zero-order chi connectivity index (χ0) is 13.8. The van der Waals surface area contributed by atoms with E-state index in [9.17, 15) is 14.3 Å². The largest absolute Gasteiger partial charge is 0.481 e. The van der Waals surface area contributed by atoms with E-state index in [1.807, 2.05) is 4.90 Å². The number of carboxylic acid groups (broad SMARTS) is 1. The lowest BCUT2D eigenvalue weighted by molar-refractivity contribution is -0.143. The van der Waals surface area contributed by atoms with Crippen LogP contribution < -0.4 is 0 Å². The first-order chi connectivity index (χ1) is 9.06. The van der Waals surface area contributed by atoms with Crippen LogP contribution in [0.25, 0.3) is 0 Å². The Morgan fingerprint density at radius 3 is 2.42 bits per heavy atom. The van der Waals surface area contributed by atoms with Gasteiger partial charge in [0.15, 0.2) is 0 Å². The summed E-state index contributed by atoms with van der Waals surface area (Å²) in [6, 6.07) is 5.80. The molecule has 5 heteroatoms. The fourth-order valence-corrected chi connectivity index (χ4v) is 2.40. The summed E-state index contributed by atoms with van der Waals surface area (Å²) in [6.07, 6.45) is 0.568. The van der Waals surface area contributed by atoms with Crippen LogP contribution in [0, 0.1) is 11.7 Å². The van der Waals surface area contributed by atoms with Gasteiger partial charge in [-0.1, -0.05) is 12.1 Å². The molecular formula is C14H18FNO3. The van der Waals surface area contributed by atoms with Crippen LogP contribution in [0.2, 0.25) is 0 Å². The summed E-state index contributed by atoms with van der Waals surface area (Å²) in [6.45, 7) is 1.81. The molecule has 0 bridgehead atoms. The zero-order valence-corrected chi connectivity index (χ0v) is 10.6. The van der Waals surface area contributed by atoms with Crippen LogP contribution in [0.4, 0.5) is 4.39 Å². The summed E-state index contributed by atoms with van der Waals surface area (Å²) in [5, 5.41) is 19.0. The van der Waals surface area contributed by atoms with E-state index in [1.54, 1.807) is 12.1 Å². The van der Waals surface area contributed by atoms with Gasteiger partial charge in [-0.25, -0.2) is 4.39 Å². The summed E-state index contributed by atoms with van der Waals surface area (Å²) in [5.74, 6) is -1.32. The number of hydrogen-bond donors (Lipinski definition) is 2. The first-order valence-corrected chi connectivity index (χ1v) is 6.45. The van der Waals surface area contributed by atoms with Crippen LogP contribution in [-0.4, -0.2) is 40.7 Å². The molecule has 1 aromatic rings. The molecule has 0 aliphatic carbocycles. The first kappa shape index (κ1) is 14.0. The molecule has 1 fully saturated rings. The molecule has 1 saturated heterocycles. The molecule has 1 heterocycles. The van der Waals surface area contributed by atoms with Crippen LogP contribution >= 0.6 is 0 Å². The van der Waals surface area contributed by atoms with Gasteiger partial charge in [0.05, 0.1) is 12.0 Å². The monoisotopic (exact) mass is 267 g/mol. The summed E-state index contributed by atoms with van der Waals surface area (Å²) >= 11 is 0. The highest BCUT2D eigenvalue weighted by molar-refractivity contribution is 5.70. The number of β-amino-alcohol motifs (C(OH)–C–C–N with tert-alkyl or cyclic N) is 1. The molecule has 0 radical (unpaired) electrons. The van der Waals surface area contributed by atoms with Crippen molar-refractivity contribution in [1.82, 2.24) is 4.90 Å². The van der Waals surface area contributed by atoms with Gasteiger partial charge in [-0.05, 0) is 43.6 Å². The minimum absolute atomic E-state index is 0.265. The van der Waals surface area contributed by atoms with Gasteiger partial charge in [0.1, 0.15) is 5.82 Å². The number of carboxylic acids is 1. The maximum absolute atomic E-state index is 12.8. The molecule has 104 valence electrons. The molecule has 4 nitrogen and oxygen atoms in total. The third-order valence-corrected chi connectivity index (χ3v) is 3.62. The molecule has 1 aromatic carbocycles. The average Bonchev–Trinajstić information content (AvgIpc) is 2.40. The van der Waals surface area contributed by atoms with Crippen molar-refractivity contribution >= 4 is 5.97 Å². The summed E-state index contributed by atoms with van der Waals surface area (Å²) in [7, 11) is 0. The van der Waals surface area contributed by atoms with E-state index < -0.39 is 12.1 Å². The van der Waals surface area contributed by atoms with Gasteiger partial charge in [-0.15, -0.1) is 0 Å². The van der Waals surface area contributed by atoms with E-state index in [-0.39, 0.29) is 11.7 Å². The highest BCUT2D eigenvalue weighted by Crippen LogP contribution is 2.21. The van der Waals surface area contributed by atoms with Crippen molar-refractivity contribution in [2.24, 2.45) is 5.92 Å². The van der Waals surface area contributed by atoms with E-state index in [1.165, 1.54) is 12.1 Å². The molecule has 1 aliphatic heterocycles. The van der Waals surface area contributed by atoms with Gasteiger partial charge in [0.2, 0.25) is 0 Å². The van der Waals surface area contributed by atoms with Gasteiger partial charge < -0.3 is 15.1 Å². The van der Waals surface area contributed by atoms with Gasteiger partial charge in [0.25, 0.3) is 0 Å². The quantitative estimate of drug-likeness (QED) is 0.871. The first-order valence-electron chi connectivity index (χ1n) is 6.45. The SMILES string of the molecule is O=C(O)C1CCN(CC(O)c2ccc(F)cc2)CC1. The van der Waals surface area contributed by atoms with Gasteiger partial charge in [-0.3, -0.25) is 4.79 Å². The Kier molecular flexibility index (Phi) is 4.50. The molecule has 2 N–H and O–H groups in total. The molecule has 0 spiro atoms. The number of aliphatic hydroxyl groups excluding tert-OH is 1. The molecule has 0 aromatic heterocycles. The second kappa shape index (κ2) is 6.12. The van der Waals surface area contributed by atoms with Gasteiger partial charge in [0, 0.05) is 6.54 Å². The number of hydrogen-bond acceptors (Lipinski definition) is 3.